The Labute approximate surface area is 179 Å². The van der Waals surface area contributed by atoms with Gasteiger partial charge in [-0.2, -0.15) is 0 Å². The summed E-state index contributed by atoms with van der Waals surface area (Å²) in [5, 5.41) is 12.5. The molecule has 1 saturated carbocycles. The second kappa shape index (κ2) is 9.13. The molecule has 1 aliphatic rings. The summed E-state index contributed by atoms with van der Waals surface area (Å²) >= 11 is 1.24. The second-order valence-electron chi connectivity index (χ2n) is 7.19. The molecule has 154 valence electrons. The van der Waals surface area contributed by atoms with Crippen molar-refractivity contribution in [1.29, 1.82) is 5.41 Å². The average molecular weight is 421 g/mol. The van der Waals surface area contributed by atoms with Gasteiger partial charge in [-0.25, -0.2) is 9.98 Å². The Kier molecular flexibility index (Phi) is 6.13. The highest BCUT2D eigenvalue weighted by atomic mass is 32.2. The summed E-state index contributed by atoms with van der Waals surface area (Å²) in [7, 11) is 1.64. The van der Waals surface area contributed by atoms with E-state index in [4.69, 9.17) is 15.9 Å². The zero-order valence-electron chi connectivity index (χ0n) is 16.8. The highest BCUT2D eigenvalue weighted by Crippen LogP contribution is 2.30. The molecule has 2 aromatic heterocycles. The molecule has 4 rings (SSSR count). The summed E-state index contributed by atoms with van der Waals surface area (Å²) in [6.45, 7) is 0. The fourth-order valence-corrected chi connectivity index (χ4v) is 4.28. The molecular weight excluding hydrogens is 396 g/mol. The summed E-state index contributed by atoms with van der Waals surface area (Å²) in [5.74, 6) is 1.61. The van der Waals surface area contributed by atoms with Gasteiger partial charge >= 0.3 is 0 Å². The summed E-state index contributed by atoms with van der Waals surface area (Å²) < 4.78 is 5.26. The first-order chi connectivity index (χ1) is 14.6. The first-order valence-corrected chi connectivity index (χ1v) is 10.7. The van der Waals surface area contributed by atoms with Crippen molar-refractivity contribution in [3.05, 3.63) is 48.7 Å². The van der Waals surface area contributed by atoms with Gasteiger partial charge in [-0.3, -0.25) is 10.4 Å². The molecule has 1 fully saturated rings. The molecule has 3 aromatic rings. The van der Waals surface area contributed by atoms with E-state index in [-0.39, 0.29) is 0 Å². The minimum atomic E-state index is 0.322. The Morgan fingerprint density at radius 3 is 2.80 bits per heavy atom. The fourth-order valence-electron chi connectivity index (χ4n) is 3.51. The predicted molar refractivity (Wildman–Crippen MR) is 124 cm³/mol. The maximum atomic E-state index is 8.23. The molecule has 1 aliphatic carbocycles. The number of pyridine rings is 2. The van der Waals surface area contributed by atoms with Gasteiger partial charge in [-0.15, -0.1) is 0 Å². The standard InChI is InChI=1S/C22H24N6OS/c1-29-17-8-4-7-15(11-17)26-16-12-19-18(25-13-16)9-10-20(27-19)28-22(24)30-21(23)14-5-2-3-6-14/h4,7-14,23,26H,2-3,5-6H2,1H3,(H2,24,27,28). The smallest absolute Gasteiger partial charge is 0.166 e. The number of aliphatic imine (C=N–C) groups is 1. The first kappa shape index (κ1) is 20.2. The Morgan fingerprint density at radius 1 is 1.17 bits per heavy atom. The van der Waals surface area contributed by atoms with Crippen molar-refractivity contribution in [2.75, 3.05) is 12.4 Å². The van der Waals surface area contributed by atoms with Gasteiger partial charge in [0.15, 0.2) is 11.0 Å². The van der Waals surface area contributed by atoms with Crippen molar-refractivity contribution in [2.24, 2.45) is 16.6 Å². The third-order valence-corrected chi connectivity index (χ3v) is 5.90. The van der Waals surface area contributed by atoms with E-state index in [1.807, 2.05) is 36.4 Å². The number of benzene rings is 1. The molecule has 0 atom stereocenters. The molecule has 8 heteroatoms. The lowest BCUT2D eigenvalue weighted by molar-refractivity contribution is 0.415. The summed E-state index contributed by atoms with van der Waals surface area (Å²) in [6, 6.07) is 13.3. The molecule has 2 heterocycles. The minimum absolute atomic E-state index is 0.322. The number of fused-ring (bicyclic) bond motifs is 1. The van der Waals surface area contributed by atoms with E-state index in [2.05, 4.69) is 20.3 Å². The van der Waals surface area contributed by atoms with Crippen molar-refractivity contribution in [1.82, 2.24) is 9.97 Å². The number of ether oxygens (including phenoxy) is 1. The van der Waals surface area contributed by atoms with Crippen molar-refractivity contribution in [2.45, 2.75) is 25.7 Å². The molecule has 0 saturated heterocycles. The predicted octanol–water partition coefficient (Wildman–Crippen LogP) is 5.23. The van der Waals surface area contributed by atoms with Crippen molar-refractivity contribution in [3.8, 4) is 5.75 Å². The Hall–Kier alpha value is -3.13. The van der Waals surface area contributed by atoms with Gasteiger partial charge in [0.1, 0.15) is 5.75 Å². The van der Waals surface area contributed by atoms with E-state index < -0.39 is 0 Å². The lowest BCUT2D eigenvalue weighted by Gasteiger charge is -2.10. The van der Waals surface area contributed by atoms with Gasteiger partial charge in [0.05, 0.1) is 35.1 Å². The molecule has 0 bridgehead atoms. The van der Waals surface area contributed by atoms with Crippen LogP contribution in [0.1, 0.15) is 25.7 Å². The van der Waals surface area contributed by atoms with Crippen LogP contribution in [0.5, 0.6) is 5.75 Å². The van der Waals surface area contributed by atoms with Gasteiger partial charge in [-0.1, -0.05) is 18.9 Å². The minimum Gasteiger partial charge on any atom is -0.497 e. The van der Waals surface area contributed by atoms with Crippen molar-refractivity contribution < 1.29 is 4.74 Å². The Balaban J connectivity index is 1.51. The number of methoxy groups -OCH3 is 1. The maximum absolute atomic E-state index is 8.23. The third-order valence-electron chi connectivity index (χ3n) is 5.05. The number of anilines is 2. The van der Waals surface area contributed by atoms with Gasteiger partial charge in [-0.05, 0) is 54.9 Å². The molecule has 7 nitrogen and oxygen atoms in total. The van der Waals surface area contributed by atoms with Gasteiger partial charge in [0, 0.05) is 17.7 Å². The van der Waals surface area contributed by atoms with E-state index in [9.17, 15) is 0 Å². The van der Waals surface area contributed by atoms with E-state index in [0.29, 0.717) is 27.5 Å². The molecule has 0 amide bonds. The normalized spacial score (nSPS) is 14.8. The van der Waals surface area contributed by atoms with Crippen molar-refractivity contribution >= 4 is 50.2 Å². The van der Waals surface area contributed by atoms with Gasteiger partial charge in [0.25, 0.3) is 0 Å². The van der Waals surface area contributed by atoms with E-state index in [0.717, 1.165) is 35.5 Å². The molecule has 0 radical (unpaired) electrons. The molecule has 4 N–H and O–H groups in total. The number of nitrogens with zero attached hydrogens (tertiary/aromatic N) is 3. The lowest BCUT2D eigenvalue weighted by Crippen LogP contribution is -2.14. The highest BCUT2D eigenvalue weighted by molar-refractivity contribution is 8.26. The largest absolute Gasteiger partial charge is 0.497 e. The van der Waals surface area contributed by atoms with Gasteiger partial charge < -0.3 is 15.8 Å². The van der Waals surface area contributed by atoms with Crippen LogP contribution in [0.15, 0.2) is 53.7 Å². The second-order valence-corrected chi connectivity index (χ2v) is 8.25. The van der Waals surface area contributed by atoms with E-state index in [1.165, 1.54) is 24.6 Å². The van der Waals surface area contributed by atoms with Crippen LogP contribution in [0.4, 0.5) is 17.2 Å². The summed E-state index contributed by atoms with van der Waals surface area (Å²) in [4.78, 5) is 13.4. The monoisotopic (exact) mass is 420 g/mol. The number of hydrogen-bond acceptors (Lipinski definition) is 7. The summed E-state index contributed by atoms with van der Waals surface area (Å²) in [5.41, 5.74) is 9.27. The zero-order chi connectivity index (χ0) is 20.9. The Bertz CT molecular complexity index is 1090. The quantitative estimate of drug-likeness (QED) is 0.385. The van der Waals surface area contributed by atoms with Crippen LogP contribution < -0.4 is 15.8 Å². The topological polar surface area (TPSA) is 109 Å². The van der Waals surface area contributed by atoms with Crippen LogP contribution in [-0.2, 0) is 0 Å². The van der Waals surface area contributed by atoms with Crippen LogP contribution in [0.3, 0.4) is 0 Å². The number of hydrogen-bond donors (Lipinski definition) is 3. The van der Waals surface area contributed by atoms with Crippen LogP contribution in [0.25, 0.3) is 11.0 Å². The maximum Gasteiger partial charge on any atom is 0.166 e. The number of aromatic nitrogens is 2. The van der Waals surface area contributed by atoms with E-state index in [1.54, 1.807) is 19.4 Å². The molecule has 0 unspecified atom stereocenters. The average Bonchev–Trinajstić information content (AvgIpc) is 3.29. The molecule has 0 aliphatic heterocycles. The fraction of sp³-hybridized carbons (Fsp3) is 0.273. The molecule has 0 spiro atoms. The van der Waals surface area contributed by atoms with E-state index >= 15 is 0 Å². The number of nitrogens with one attached hydrogen (secondary N) is 2. The Morgan fingerprint density at radius 2 is 2.00 bits per heavy atom. The van der Waals surface area contributed by atoms with Crippen LogP contribution >= 0.6 is 11.8 Å². The summed E-state index contributed by atoms with van der Waals surface area (Å²) in [6.07, 6.45) is 6.29. The number of thioether (sulfide) groups is 1. The van der Waals surface area contributed by atoms with Crippen LogP contribution in [-0.4, -0.2) is 27.3 Å². The van der Waals surface area contributed by atoms with Gasteiger partial charge in [0.2, 0.25) is 0 Å². The third kappa shape index (κ3) is 4.88. The number of rotatable bonds is 5. The first-order valence-electron chi connectivity index (χ1n) is 9.89. The van der Waals surface area contributed by atoms with Crippen LogP contribution in [0.2, 0.25) is 0 Å². The van der Waals surface area contributed by atoms with Crippen LogP contribution in [0, 0.1) is 11.3 Å². The molecule has 30 heavy (non-hydrogen) atoms. The highest BCUT2D eigenvalue weighted by Gasteiger charge is 2.21. The molecular formula is C22H24N6OS. The molecule has 1 aromatic carbocycles. The number of nitrogens with two attached hydrogens (primary N) is 1. The number of amidine groups is 1. The SMILES string of the molecule is COc1cccc(Nc2cnc3ccc(N=C(N)SC(=N)C4CCCC4)nc3c2)c1. The zero-order valence-corrected chi connectivity index (χ0v) is 17.6. The lowest BCUT2D eigenvalue weighted by atomic mass is 10.1. The van der Waals surface area contributed by atoms with Crippen molar-refractivity contribution in [3.63, 3.8) is 0 Å².